The van der Waals surface area contributed by atoms with Gasteiger partial charge in [-0.2, -0.15) is 0 Å². The summed E-state index contributed by atoms with van der Waals surface area (Å²) >= 11 is 0. The van der Waals surface area contributed by atoms with E-state index in [1.807, 2.05) is 20.8 Å². The Kier molecular flexibility index (Phi) is 4.92. The van der Waals surface area contributed by atoms with Crippen LogP contribution in [0.1, 0.15) is 72.1 Å². The molecule has 5 nitrogen and oxygen atoms in total. The summed E-state index contributed by atoms with van der Waals surface area (Å²) in [5, 5.41) is 3.32. The van der Waals surface area contributed by atoms with Gasteiger partial charge >= 0.3 is 6.09 Å². The molecule has 0 atom stereocenters. The number of carbonyl (C=O) groups excluding carboxylic acids is 2. The SMILES string of the molecule is CC(C)(C)OC(=O)N1CCC(C(=O)NCC23CC4CC(CC(C4)C2)C3)CC1. The van der Waals surface area contributed by atoms with E-state index >= 15 is 0 Å². The Bertz CT molecular complexity index is 552. The highest BCUT2D eigenvalue weighted by Crippen LogP contribution is 2.59. The van der Waals surface area contributed by atoms with Gasteiger partial charge in [-0.25, -0.2) is 4.79 Å². The van der Waals surface area contributed by atoms with Crippen LogP contribution in [0.5, 0.6) is 0 Å². The van der Waals surface area contributed by atoms with Crippen molar-refractivity contribution in [2.75, 3.05) is 19.6 Å². The summed E-state index contributed by atoms with van der Waals surface area (Å²) in [6.45, 7) is 7.76. The Balaban J connectivity index is 1.24. The van der Waals surface area contributed by atoms with Crippen LogP contribution in [0, 0.1) is 29.1 Å². The van der Waals surface area contributed by atoms with Crippen LogP contribution in [0.3, 0.4) is 0 Å². The summed E-state index contributed by atoms with van der Waals surface area (Å²) in [7, 11) is 0. The van der Waals surface area contributed by atoms with Gasteiger partial charge in [0.25, 0.3) is 0 Å². The number of ether oxygens (including phenoxy) is 1. The molecule has 1 heterocycles. The lowest BCUT2D eigenvalue weighted by Crippen LogP contribution is -2.52. The minimum absolute atomic E-state index is 0.0394. The number of rotatable bonds is 3. The van der Waals surface area contributed by atoms with Crippen molar-refractivity contribution >= 4 is 12.0 Å². The van der Waals surface area contributed by atoms with Gasteiger partial charge < -0.3 is 15.0 Å². The lowest BCUT2D eigenvalue weighted by molar-refractivity contribution is -0.128. The molecule has 0 aromatic carbocycles. The molecule has 0 radical (unpaired) electrons. The van der Waals surface area contributed by atoms with E-state index < -0.39 is 5.60 Å². The Morgan fingerprint density at radius 2 is 1.52 bits per heavy atom. The fourth-order valence-corrected chi connectivity index (χ4v) is 6.58. The first-order valence-corrected chi connectivity index (χ1v) is 11.0. The highest BCUT2D eigenvalue weighted by Gasteiger charge is 2.50. The van der Waals surface area contributed by atoms with E-state index in [-0.39, 0.29) is 17.9 Å². The Morgan fingerprint density at radius 3 is 2.00 bits per heavy atom. The molecule has 0 unspecified atom stereocenters. The van der Waals surface area contributed by atoms with Crippen molar-refractivity contribution in [3.8, 4) is 0 Å². The molecule has 0 spiro atoms. The summed E-state index contributed by atoms with van der Waals surface area (Å²) < 4.78 is 5.44. The molecule has 27 heavy (non-hydrogen) atoms. The van der Waals surface area contributed by atoms with Crippen LogP contribution in [0.2, 0.25) is 0 Å². The predicted octanol–water partition coefficient (Wildman–Crippen LogP) is 3.97. The van der Waals surface area contributed by atoms with E-state index in [4.69, 9.17) is 4.74 Å². The molecule has 4 aliphatic carbocycles. The Labute approximate surface area is 163 Å². The first-order valence-electron chi connectivity index (χ1n) is 11.0. The van der Waals surface area contributed by atoms with Crippen molar-refractivity contribution < 1.29 is 14.3 Å². The van der Waals surface area contributed by atoms with Crippen molar-refractivity contribution in [2.24, 2.45) is 29.1 Å². The normalized spacial score (nSPS) is 36.0. The minimum atomic E-state index is -0.469. The molecule has 1 N–H and O–H groups in total. The average Bonchev–Trinajstić information content (AvgIpc) is 2.57. The van der Waals surface area contributed by atoms with Gasteiger partial charge in [-0.15, -0.1) is 0 Å². The largest absolute Gasteiger partial charge is 0.444 e. The maximum Gasteiger partial charge on any atom is 0.410 e. The van der Waals surface area contributed by atoms with E-state index in [2.05, 4.69) is 5.32 Å². The molecule has 5 rings (SSSR count). The van der Waals surface area contributed by atoms with Gasteiger partial charge in [0.05, 0.1) is 0 Å². The van der Waals surface area contributed by atoms with Crippen LogP contribution in [-0.2, 0) is 9.53 Å². The zero-order valence-corrected chi connectivity index (χ0v) is 17.3. The highest BCUT2D eigenvalue weighted by atomic mass is 16.6. The molecule has 2 amide bonds. The van der Waals surface area contributed by atoms with E-state index in [0.29, 0.717) is 18.5 Å². The van der Waals surface area contributed by atoms with Crippen LogP contribution >= 0.6 is 0 Å². The molecule has 4 bridgehead atoms. The number of carbonyl (C=O) groups is 2. The standard InChI is InChI=1S/C22H36N2O3/c1-21(2,3)27-20(26)24-6-4-18(5-7-24)19(25)23-14-22-11-15-8-16(12-22)10-17(9-15)13-22/h15-18H,4-14H2,1-3H3,(H,23,25). The third kappa shape index (κ3) is 4.27. The third-order valence-electron chi connectivity index (χ3n) is 7.32. The smallest absolute Gasteiger partial charge is 0.410 e. The van der Waals surface area contributed by atoms with Crippen LogP contribution in [0.4, 0.5) is 4.79 Å². The fourth-order valence-electron chi connectivity index (χ4n) is 6.58. The zero-order chi connectivity index (χ0) is 19.2. The van der Waals surface area contributed by atoms with E-state index in [1.165, 1.54) is 38.5 Å². The zero-order valence-electron chi connectivity index (χ0n) is 17.3. The lowest BCUT2D eigenvalue weighted by Gasteiger charge is -2.57. The summed E-state index contributed by atoms with van der Waals surface area (Å²) in [5.74, 6) is 3.01. The van der Waals surface area contributed by atoms with E-state index in [0.717, 1.165) is 37.1 Å². The third-order valence-corrected chi connectivity index (χ3v) is 7.32. The van der Waals surface area contributed by atoms with Gasteiger partial charge in [-0.05, 0) is 95.3 Å². The van der Waals surface area contributed by atoms with Crippen molar-refractivity contribution in [2.45, 2.75) is 77.7 Å². The van der Waals surface area contributed by atoms with Crippen molar-refractivity contribution in [1.82, 2.24) is 10.2 Å². The van der Waals surface area contributed by atoms with E-state index in [9.17, 15) is 9.59 Å². The van der Waals surface area contributed by atoms with Crippen LogP contribution < -0.4 is 5.32 Å². The molecule has 0 aromatic heterocycles. The molecular weight excluding hydrogens is 340 g/mol. The summed E-state index contributed by atoms with van der Waals surface area (Å²) in [5.41, 5.74) is -0.0786. The van der Waals surface area contributed by atoms with Crippen molar-refractivity contribution in [1.29, 1.82) is 0 Å². The molecule has 5 heteroatoms. The quantitative estimate of drug-likeness (QED) is 0.811. The van der Waals surface area contributed by atoms with Crippen molar-refractivity contribution in [3.63, 3.8) is 0 Å². The predicted molar refractivity (Wildman–Crippen MR) is 104 cm³/mol. The minimum Gasteiger partial charge on any atom is -0.444 e. The number of amides is 2. The number of nitrogens with one attached hydrogen (secondary N) is 1. The maximum absolute atomic E-state index is 12.8. The Morgan fingerprint density at radius 1 is 1.00 bits per heavy atom. The molecule has 1 aliphatic heterocycles. The highest BCUT2D eigenvalue weighted by molar-refractivity contribution is 5.79. The van der Waals surface area contributed by atoms with Crippen LogP contribution in [-0.4, -0.2) is 42.1 Å². The van der Waals surface area contributed by atoms with Gasteiger partial charge in [0.1, 0.15) is 5.60 Å². The van der Waals surface area contributed by atoms with E-state index in [1.54, 1.807) is 4.90 Å². The van der Waals surface area contributed by atoms with Crippen LogP contribution in [0.15, 0.2) is 0 Å². The number of hydrogen-bond acceptors (Lipinski definition) is 3. The maximum atomic E-state index is 12.8. The first-order chi connectivity index (χ1) is 12.7. The van der Waals surface area contributed by atoms with Crippen molar-refractivity contribution in [3.05, 3.63) is 0 Å². The summed E-state index contributed by atoms with van der Waals surface area (Å²) in [6, 6.07) is 0. The number of likely N-dealkylation sites (tertiary alicyclic amines) is 1. The Hall–Kier alpha value is -1.26. The van der Waals surface area contributed by atoms with Gasteiger partial charge in [-0.3, -0.25) is 4.79 Å². The second-order valence-electron chi connectivity index (χ2n) is 10.9. The monoisotopic (exact) mass is 376 g/mol. The summed E-state index contributed by atoms with van der Waals surface area (Å²) in [4.78, 5) is 26.7. The molecule has 152 valence electrons. The second-order valence-corrected chi connectivity index (χ2v) is 10.9. The fraction of sp³-hybridized carbons (Fsp3) is 0.909. The number of hydrogen-bond donors (Lipinski definition) is 1. The van der Waals surface area contributed by atoms with Gasteiger partial charge in [0, 0.05) is 25.6 Å². The molecule has 5 fully saturated rings. The van der Waals surface area contributed by atoms with Gasteiger partial charge in [-0.1, -0.05) is 0 Å². The summed E-state index contributed by atoms with van der Waals surface area (Å²) in [6.07, 6.45) is 9.54. The van der Waals surface area contributed by atoms with Gasteiger partial charge in [0.2, 0.25) is 5.91 Å². The molecule has 1 saturated heterocycles. The molecular formula is C22H36N2O3. The topological polar surface area (TPSA) is 58.6 Å². The molecule has 0 aromatic rings. The van der Waals surface area contributed by atoms with Crippen LogP contribution in [0.25, 0.3) is 0 Å². The number of nitrogens with zero attached hydrogens (tertiary/aromatic N) is 1. The lowest BCUT2D eigenvalue weighted by atomic mass is 9.49. The molecule has 4 saturated carbocycles. The average molecular weight is 377 g/mol. The van der Waals surface area contributed by atoms with Gasteiger partial charge in [0.15, 0.2) is 0 Å². The number of piperidine rings is 1. The first kappa shape index (κ1) is 19.1. The molecule has 5 aliphatic rings. The second kappa shape index (κ2) is 6.97.